The Bertz CT molecular complexity index is 864. The second kappa shape index (κ2) is 7.14. The molecule has 1 aliphatic rings. The normalized spacial score (nSPS) is 13.7. The molecule has 1 fully saturated rings. The van der Waals surface area contributed by atoms with E-state index in [0.29, 0.717) is 11.1 Å². The zero-order chi connectivity index (χ0) is 19.6. The SMILES string of the molecule is O=C(O)Oc1cc(-c2ccc(OC(F)(F)F)cc2)cc(NC(=O)C2CC2)n1. The number of pyridine rings is 1. The largest absolute Gasteiger partial charge is 0.573 e. The van der Waals surface area contributed by atoms with Crippen molar-refractivity contribution in [2.24, 2.45) is 5.92 Å². The van der Waals surface area contributed by atoms with E-state index in [1.807, 2.05) is 0 Å². The third kappa shape index (κ3) is 5.33. The third-order valence-electron chi connectivity index (χ3n) is 3.61. The molecule has 1 saturated carbocycles. The van der Waals surface area contributed by atoms with Gasteiger partial charge in [0.15, 0.2) is 0 Å². The van der Waals surface area contributed by atoms with Gasteiger partial charge < -0.3 is 19.9 Å². The number of aromatic nitrogens is 1. The highest BCUT2D eigenvalue weighted by molar-refractivity contribution is 5.93. The van der Waals surface area contributed by atoms with Crippen LogP contribution in [-0.2, 0) is 4.79 Å². The Kier molecular flexibility index (Phi) is 4.89. The first-order valence-electron chi connectivity index (χ1n) is 7.79. The lowest BCUT2D eigenvalue weighted by molar-refractivity contribution is -0.274. The van der Waals surface area contributed by atoms with Gasteiger partial charge in [-0.3, -0.25) is 4.79 Å². The molecule has 1 aromatic heterocycles. The molecular weight excluding hydrogens is 369 g/mol. The number of nitrogens with zero attached hydrogens (tertiary/aromatic N) is 1. The van der Waals surface area contributed by atoms with E-state index in [1.165, 1.54) is 24.3 Å². The van der Waals surface area contributed by atoms with Crippen molar-refractivity contribution >= 4 is 17.9 Å². The summed E-state index contributed by atoms with van der Waals surface area (Å²) in [6.45, 7) is 0. The number of hydrogen-bond acceptors (Lipinski definition) is 5. The first kappa shape index (κ1) is 18.5. The van der Waals surface area contributed by atoms with Crippen molar-refractivity contribution in [3.05, 3.63) is 36.4 Å². The summed E-state index contributed by atoms with van der Waals surface area (Å²) >= 11 is 0. The molecule has 1 amide bonds. The van der Waals surface area contributed by atoms with Crippen molar-refractivity contribution in [2.75, 3.05) is 5.32 Å². The molecule has 0 radical (unpaired) electrons. The molecule has 10 heteroatoms. The smallest absolute Gasteiger partial charge is 0.449 e. The van der Waals surface area contributed by atoms with Gasteiger partial charge in [-0.05, 0) is 42.2 Å². The Labute approximate surface area is 150 Å². The summed E-state index contributed by atoms with van der Waals surface area (Å²) in [5.74, 6) is -0.935. The maximum absolute atomic E-state index is 12.2. The summed E-state index contributed by atoms with van der Waals surface area (Å²) in [6, 6.07) is 7.70. The van der Waals surface area contributed by atoms with Crippen LogP contribution in [0.4, 0.5) is 23.8 Å². The average molecular weight is 382 g/mol. The third-order valence-corrected chi connectivity index (χ3v) is 3.61. The molecular formula is C17H13F3N2O5. The summed E-state index contributed by atoms with van der Waals surface area (Å²) in [7, 11) is 0. The standard InChI is InChI=1S/C17H13F3N2O5/c18-17(19,20)27-12-5-3-9(4-6-12)11-7-13(22-15(23)10-1-2-10)21-14(8-11)26-16(24)25/h3-8,10H,1-2H2,(H,24,25)(H,21,22,23). The molecule has 1 heterocycles. The number of halogens is 3. The van der Waals surface area contributed by atoms with Gasteiger partial charge in [-0.25, -0.2) is 4.79 Å². The number of benzene rings is 1. The van der Waals surface area contributed by atoms with Crippen LogP contribution in [0.25, 0.3) is 11.1 Å². The predicted octanol–water partition coefficient (Wildman–Crippen LogP) is 4.05. The fourth-order valence-electron chi connectivity index (χ4n) is 2.30. The number of hydrogen-bond donors (Lipinski definition) is 2. The lowest BCUT2D eigenvalue weighted by Gasteiger charge is -2.11. The van der Waals surface area contributed by atoms with E-state index < -0.39 is 18.3 Å². The number of carbonyl (C=O) groups is 2. The monoisotopic (exact) mass is 382 g/mol. The highest BCUT2D eigenvalue weighted by Crippen LogP contribution is 2.32. The zero-order valence-electron chi connectivity index (χ0n) is 13.6. The maximum atomic E-state index is 12.2. The van der Waals surface area contributed by atoms with Crippen LogP contribution in [0.5, 0.6) is 11.6 Å². The molecule has 3 rings (SSSR count). The number of ether oxygens (including phenoxy) is 2. The van der Waals surface area contributed by atoms with E-state index in [1.54, 1.807) is 0 Å². The van der Waals surface area contributed by atoms with Crippen LogP contribution in [0.2, 0.25) is 0 Å². The molecule has 1 aliphatic carbocycles. The van der Waals surface area contributed by atoms with Crippen molar-refractivity contribution in [1.82, 2.24) is 4.98 Å². The van der Waals surface area contributed by atoms with E-state index in [-0.39, 0.29) is 23.5 Å². The Morgan fingerprint density at radius 2 is 1.78 bits per heavy atom. The minimum atomic E-state index is -4.80. The second-order valence-corrected chi connectivity index (χ2v) is 5.78. The summed E-state index contributed by atoms with van der Waals surface area (Å²) in [5.41, 5.74) is 0.843. The topological polar surface area (TPSA) is 97.8 Å². The molecule has 0 unspecified atom stereocenters. The van der Waals surface area contributed by atoms with Crippen LogP contribution in [0.1, 0.15) is 12.8 Å². The highest BCUT2D eigenvalue weighted by Gasteiger charge is 2.31. The quantitative estimate of drug-likeness (QED) is 0.757. The Morgan fingerprint density at radius 1 is 1.11 bits per heavy atom. The molecule has 0 aliphatic heterocycles. The van der Waals surface area contributed by atoms with Gasteiger partial charge in [0.1, 0.15) is 11.6 Å². The van der Waals surface area contributed by atoms with Crippen LogP contribution in [-0.4, -0.2) is 28.5 Å². The predicted molar refractivity (Wildman–Crippen MR) is 86.4 cm³/mol. The number of alkyl halides is 3. The minimum absolute atomic E-state index is 0.0799. The molecule has 0 spiro atoms. The molecule has 2 N–H and O–H groups in total. The molecule has 0 bridgehead atoms. The van der Waals surface area contributed by atoms with Crippen molar-refractivity contribution < 1.29 is 37.3 Å². The lowest BCUT2D eigenvalue weighted by atomic mass is 10.1. The molecule has 0 atom stereocenters. The van der Waals surface area contributed by atoms with Crippen LogP contribution in [0, 0.1) is 5.92 Å². The van der Waals surface area contributed by atoms with Crippen molar-refractivity contribution in [3.63, 3.8) is 0 Å². The van der Waals surface area contributed by atoms with Crippen molar-refractivity contribution in [1.29, 1.82) is 0 Å². The summed E-state index contributed by atoms with van der Waals surface area (Å²) in [4.78, 5) is 26.6. The van der Waals surface area contributed by atoms with Crippen molar-refractivity contribution in [2.45, 2.75) is 19.2 Å². The number of anilines is 1. The second-order valence-electron chi connectivity index (χ2n) is 5.78. The molecule has 7 nitrogen and oxygen atoms in total. The van der Waals surface area contributed by atoms with E-state index in [2.05, 4.69) is 19.8 Å². The lowest BCUT2D eigenvalue weighted by Crippen LogP contribution is -2.17. The van der Waals surface area contributed by atoms with E-state index in [9.17, 15) is 22.8 Å². The van der Waals surface area contributed by atoms with Gasteiger partial charge in [-0.2, -0.15) is 4.98 Å². The number of carbonyl (C=O) groups excluding carboxylic acids is 1. The van der Waals surface area contributed by atoms with E-state index in [0.717, 1.165) is 25.0 Å². The number of amides is 1. The summed E-state index contributed by atoms with van der Waals surface area (Å²) in [6.07, 6.45) is -4.86. The highest BCUT2D eigenvalue weighted by atomic mass is 19.4. The molecule has 27 heavy (non-hydrogen) atoms. The number of rotatable bonds is 5. The Hall–Kier alpha value is -3.30. The first-order valence-corrected chi connectivity index (χ1v) is 7.79. The fourth-order valence-corrected chi connectivity index (χ4v) is 2.30. The van der Waals surface area contributed by atoms with E-state index in [4.69, 9.17) is 5.11 Å². The van der Waals surface area contributed by atoms with Gasteiger partial charge in [0.25, 0.3) is 0 Å². The van der Waals surface area contributed by atoms with Gasteiger partial charge in [0.05, 0.1) is 0 Å². The summed E-state index contributed by atoms with van der Waals surface area (Å²) in [5, 5.41) is 11.3. The summed E-state index contributed by atoms with van der Waals surface area (Å²) < 4.78 is 45.1. The Morgan fingerprint density at radius 3 is 2.33 bits per heavy atom. The molecule has 2 aromatic rings. The van der Waals surface area contributed by atoms with Crippen LogP contribution < -0.4 is 14.8 Å². The average Bonchev–Trinajstić information content (AvgIpc) is 3.38. The maximum Gasteiger partial charge on any atom is 0.573 e. The fraction of sp³-hybridized carbons (Fsp3) is 0.235. The molecule has 1 aromatic carbocycles. The zero-order valence-corrected chi connectivity index (χ0v) is 13.6. The van der Waals surface area contributed by atoms with Gasteiger partial charge in [-0.1, -0.05) is 12.1 Å². The number of nitrogens with one attached hydrogen (secondary N) is 1. The number of carboxylic acid groups (broad SMARTS) is 1. The van der Waals surface area contributed by atoms with E-state index >= 15 is 0 Å². The van der Waals surface area contributed by atoms with Crippen molar-refractivity contribution in [3.8, 4) is 22.8 Å². The minimum Gasteiger partial charge on any atom is -0.449 e. The van der Waals surface area contributed by atoms with Crippen LogP contribution in [0.15, 0.2) is 36.4 Å². The Balaban J connectivity index is 1.88. The van der Waals surface area contributed by atoms with Crippen LogP contribution >= 0.6 is 0 Å². The molecule has 0 saturated heterocycles. The first-order chi connectivity index (χ1) is 12.7. The van der Waals surface area contributed by atoms with Gasteiger partial charge in [0, 0.05) is 12.0 Å². The molecule has 142 valence electrons. The van der Waals surface area contributed by atoms with Gasteiger partial charge in [-0.15, -0.1) is 13.2 Å². The van der Waals surface area contributed by atoms with Gasteiger partial charge >= 0.3 is 12.5 Å². The van der Waals surface area contributed by atoms with Gasteiger partial charge in [0.2, 0.25) is 11.8 Å². The van der Waals surface area contributed by atoms with Crippen LogP contribution in [0.3, 0.4) is 0 Å².